The van der Waals surface area contributed by atoms with Gasteiger partial charge in [0.25, 0.3) is 0 Å². The summed E-state index contributed by atoms with van der Waals surface area (Å²) in [6, 6.07) is 5.56. The second-order valence-electron chi connectivity index (χ2n) is 4.57. The van der Waals surface area contributed by atoms with E-state index in [9.17, 15) is 4.79 Å². The topological polar surface area (TPSA) is 38.3 Å². The van der Waals surface area contributed by atoms with Crippen LogP contribution in [0.25, 0.3) is 0 Å². The number of benzene rings is 1. The van der Waals surface area contributed by atoms with Gasteiger partial charge in [0.15, 0.2) is 0 Å². The molecular weight excluding hydrogens is 350 g/mol. The molecule has 0 unspecified atom stereocenters. The highest BCUT2D eigenvalue weighted by Gasteiger charge is 2.13. The van der Waals surface area contributed by atoms with Crippen LogP contribution < -0.4 is 5.32 Å². The van der Waals surface area contributed by atoms with Crippen molar-refractivity contribution in [1.29, 1.82) is 0 Å². The van der Waals surface area contributed by atoms with E-state index in [0.717, 1.165) is 14.6 Å². The highest BCUT2D eigenvalue weighted by atomic mass is 79.9. The summed E-state index contributed by atoms with van der Waals surface area (Å²) in [5.41, 5.74) is 0.421. The van der Waals surface area contributed by atoms with Crippen LogP contribution in [0.3, 0.4) is 0 Å². The molecule has 5 heteroatoms. The molecule has 0 atom stereocenters. The standard InChI is InChI=1S/C12H15Br2NO2/c1-12(2,3)17-7-11(16)15-10-5-4-8(13)6-9(10)14/h4-6H,7H2,1-3H3,(H,15,16). The molecule has 0 radical (unpaired) electrons. The Bertz CT molecular complexity index is 413. The fourth-order valence-electron chi connectivity index (χ4n) is 1.06. The number of carbonyl (C=O) groups excluding carboxylic acids is 1. The molecule has 3 nitrogen and oxygen atoms in total. The third-order valence-corrected chi connectivity index (χ3v) is 2.99. The van der Waals surface area contributed by atoms with Gasteiger partial charge >= 0.3 is 0 Å². The van der Waals surface area contributed by atoms with Crippen molar-refractivity contribution in [2.45, 2.75) is 26.4 Å². The Morgan fingerprint density at radius 3 is 2.53 bits per heavy atom. The normalized spacial score (nSPS) is 11.4. The van der Waals surface area contributed by atoms with Crippen LogP contribution in [0.2, 0.25) is 0 Å². The van der Waals surface area contributed by atoms with Crippen LogP contribution in [0.1, 0.15) is 20.8 Å². The van der Waals surface area contributed by atoms with Gasteiger partial charge in [0.1, 0.15) is 6.61 Å². The summed E-state index contributed by atoms with van der Waals surface area (Å²) in [6.07, 6.45) is 0. The van der Waals surface area contributed by atoms with E-state index in [1.807, 2.05) is 39.0 Å². The number of anilines is 1. The molecule has 0 aliphatic carbocycles. The van der Waals surface area contributed by atoms with Crippen molar-refractivity contribution in [2.24, 2.45) is 0 Å². The number of hydrogen-bond acceptors (Lipinski definition) is 2. The summed E-state index contributed by atoms with van der Waals surface area (Å²) >= 11 is 6.73. The van der Waals surface area contributed by atoms with Crippen LogP contribution in [-0.2, 0) is 9.53 Å². The second kappa shape index (κ2) is 5.98. The molecule has 1 aromatic carbocycles. The van der Waals surface area contributed by atoms with E-state index in [4.69, 9.17) is 4.74 Å². The first-order valence-electron chi connectivity index (χ1n) is 5.17. The molecule has 0 spiro atoms. The van der Waals surface area contributed by atoms with Crippen LogP contribution in [0.4, 0.5) is 5.69 Å². The largest absolute Gasteiger partial charge is 0.366 e. The van der Waals surface area contributed by atoms with E-state index in [1.54, 1.807) is 0 Å². The summed E-state index contributed by atoms with van der Waals surface area (Å²) in [4.78, 5) is 11.6. The van der Waals surface area contributed by atoms with E-state index in [-0.39, 0.29) is 18.1 Å². The van der Waals surface area contributed by atoms with Crippen molar-refractivity contribution in [3.05, 3.63) is 27.1 Å². The molecule has 0 fully saturated rings. The highest BCUT2D eigenvalue weighted by Crippen LogP contribution is 2.26. The number of ether oxygens (including phenoxy) is 1. The van der Waals surface area contributed by atoms with Crippen LogP contribution in [0, 0.1) is 0 Å². The Hall–Kier alpha value is -0.390. The molecule has 1 rings (SSSR count). The molecule has 0 aromatic heterocycles. The van der Waals surface area contributed by atoms with Gasteiger partial charge in [-0.05, 0) is 54.9 Å². The van der Waals surface area contributed by atoms with Crippen molar-refractivity contribution in [1.82, 2.24) is 0 Å². The average molecular weight is 365 g/mol. The molecule has 1 amide bonds. The minimum Gasteiger partial charge on any atom is -0.366 e. The minimum atomic E-state index is -0.311. The maximum absolute atomic E-state index is 11.6. The lowest BCUT2D eigenvalue weighted by atomic mass is 10.2. The van der Waals surface area contributed by atoms with E-state index >= 15 is 0 Å². The SMILES string of the molecule is CC(C)(C)OCC(=O)Nc1ccc(Br)cc1Br. The molecule has 1 N–H and O–H groups in total. The van der Waals surface area contributed by atoms with Gasteiger partial charge in [-0.15, -0.1) is 0 Å². The fourth-order valence-corrected chi connectivity index (χ4v) is 2.21. The smallest absolute Gasteiger partial charge is 0.250 e. The number of nitrogens with one attached hydrogen (secondary N) is 1. The Kier molecular flexibility index (Phi) is 5.16. The van der Waals surface area contributed by atoms with Crippen molar-refractivity contribution in [2.75, 3.05) is 11.9 Å². The van der Waals surface area contributed by atoms with Gasteiger partial charge in [0.05, 0.1) is 11.3 Å². The predicted octanol–water partition coefficient (Wildman–Crippen LogP) is 3.97. The number of halogens is 2. The molecule has 0 saturated heterocycles. The van der Waals surface area contributed by atoms with Crippen molar-refractivity contribution < 1.29 is 9.53 Å². The zero-order valence-corrected chi connectivity index (χ0v) is 13.2. The summed E-state index contributed by atoms with van der Waals surface area (Å²) in [6.45, 7) is 5.79. The Balaban J connectivity index is 2.57. The van der Waals surface area contributed by atoms with Gasteiger partial charge in [-0.2, -0.15) is 0 Å². The van der Waals surface area contributed by atoms with Gasteiger partial charge in [0, 0.05) is 8.95 Å². The Labute approximate surface area is 118 Å². The van der Waals surface area contributed by atoms with Gasteiger partial charge in [-0.1, -0.05) is 15.9 Å². The molecule has 0 bridgehead atoms. The maximum Gasteiger partial charge on any atom is 0.250 e. The third kappa shape index (κ3) is 5.66. The molecule has 0 aliphatic rings. The van der Waals surface area contributed by atoms with E-state index in [1.165, 1.54) is 0 Å². The molecule has 1 aromatic rings. The molecule has 0 saturated carbocycles. The molecule has 94 valence electrons. The molecule has 0 aliphatic heterocycles. The zero-order chi connectivity index (χ0) is 13.1. The number of amides is 1. The van der Waals surface area contributed by atoms with Crippen LogP contribution >= 0.6 is 31.9 Å². The van der Waals surface area contributed by atoms with Crippen molar-refractivity contribution in [3.8, 4) is 0 Å². The first-order chi connectivity index (χ1) is 7.78. The highest BCUT2D eigenvalue weighted by molar-refractivity contribution is 9.11. The fraction of sp³-hybridized carbons (Fsp3) is 0.417. The predicted molar refractivity (Wildman–Crippen MR) is 76.2 cm³/mol. The molecule has 17 heavy (non-hydrogen) atoms. The summed E-state index contributed by atoms with van der Waals surface area (Å²) in [5, 5.41) is 2.78. The Morgan fingerprint density at radius 2 is 2.00 bits per heavy atom. The third-order valence-electron chi connectivity index (χ3n) is 1.84. The van der Waals surface area contributed by atoms with Gasteiger partial charge < -0.3 is 10.1 Å². The lowest BCUT2D eigenvalue weighted by molar-refractivity contribution is -0.125. The average Bonchev–Trinajstić information content (AvgIpc) is 2.18. The van der Waals surface area contributed by atoms with Crippen molar-refractivity contribution in [3.63, 3.8) is 0 Å². The van der Waals surface area contributed by atoms with Crippen LogP contribution in [0.15, 0.2) is 27.1 Å². The monoisotopic (exact) mass is 363 g/mol. The number of carbonyl (C=O) groups is 1. The van der Waals surface area contributed by atoms with E-state index in [2.05, 4.69) is 37.2 Å². The maximum atomic E-state index is 11.6. The van der Waals surface area contributed by atoms with Crippen LogP contribution in [-0.4, -0.2) is 18.1 Å². The van der Waals surface area contributed by atoms with E-state index < -0.39 is 0 Å². The number of hydrogen-bond donors (Lipinski definition) is 1. The van der Waals surface area contributed by atoms with Gasteiger partial charge in [0.2, 0.25) is 5.91 Å². The van der Waals surface area contributed by atoms with Crippen LogP contribution in [0.5, 0.6) is 0 Å². The second-order valence-corrected chi connectivity index (χ2v) is 6.34. The first-order valence-corrected chi connectivity index (χ1v) is 6.75. The van der Waals surface area contributed by atoms with Gasteiger partial charge in [-0.25, -0.2) is 0 Å². The van der Waals surface area contributed by atoms with Gasteiger partial charge in [-0.3, -0.25) is 4.79 Å². The lowest BCUT2D eigenvalue weighted by Crippen LogP contribution is -2.27. The number of rotatable bonds is 3. The van der Waals surface area contributed by atoms with E-state index in [0.29, 0.717) is 0 Å². The van der Waals surface area contributed by atoms with Crippen molar-refractivity contribution >= 4 is 43.5 Å². The Morgan fingerprint density at radius 1 is 1.35 bits per heavy atom. The molecule has 0 heterocycles. The lowest BCUT2D eigenvalue weighted by Gasteiger charge is -2.19. The summed E-state index contributed by atoms with van der Waals surface area (Å²) < 4.78 is 7.17. The summed E-state index contributed by atoms with van der Waals surface area (Å²) in [5.74, 6) is -0.164. The molecular formula is C12H15Br2NO2. The minimum absolute atomic E-state index is 0.0476. The quantitative estimate of drug-likeness (QED) is 0.881. The first kappa shape index (κ1) is 14.7. The zero-order valence-electron chi connectivity index (χ0n) is 10.0. The summed E-state index contributed by atoms with van der Waals surface area (Å²) in [7, 11) is 0.